The van der Waals surface area contributed by atoms with Crippen LogP contribution in [0, 0.1) is 6.92 Å². The number of hydrogen-bond acceptors (Lipinski definition) is 4. The van der Waals surface area contributed by atoms with Crippen LogP contribution < -0.4 is 4.74 Å². The van der Waals surface area contributed by atoms with Crippen LogP contribution >= 0.6 is 23.2 Å². The fourth-order valence-electron chi connectivity index (χ4n) is 2.89. The normalized spacial score (nSPS) is 20.1. The van der Waals surface area contributed by atoms with Gasteiger partial charge in [-0.25, -0.2) is 0 Å². The molecule has 0 aromatic heterocycles. The molecule has 1 heterocycles. The Kier molecular flexibility index (Phi) is 6.04. The number of halogens is 5. The predicted molar refractivity (Wildman–Crippen MR) is 107 cm³/mol. The molecule has 2 atom stereocenters. The zero-order valence-electron chi connectivity index (χ0n) is 15.9. The van der Waals surface area contributed by atoms with Gasteiger partial charge in [0, 0.05) is 5.02 Å². The minimum absolute atomic E-state index is 0.0384. The number of hydrogen-bond donors (Lipinski definition) is 1. The molecular weight excluding hydrogens is 444 g/mol. The zero-order valence-corrected chi connectivity index (χ0v) is 17.4. The molecule has 0 fully saturated rings. The van der Waals surface area contributed by atoms with E-state index >= 15 is 0 Å². The molecule has 160 valence electrons. The number of aliphatic hydroxyl groups is 1. The van der Waals surface area contributed by atoms with Gasteiger partial charge in [-0.3, -0.25) is 4.79 Å². The number of alkyl halides is 3. The van der Waals surface area contributed by atoms with Crippen LogP contribution in [0.4, 0.5) is 13.2 Å². The van der Waals surface area contributed by atoms with E-state index in [0.29, 0.717) is 10.6 Å². The third kappa shape index (κ3) is 4.26. The molecule has 0 aliphatic carbocycles. The van der Waals surface area contributed by atoms with E-state index in [0.717, 1.165) is 5.56 Å². The minimum atomic E-state index is -5.14. The van der Waals surface area contributed by atoms with Crippen LogP contribution in [0.5, 0.6) is 5.75 Å². The number of amides is 1. The van der Waals surface area contributed by atoms with Gasteiger partial charge in [-0.2, -0.15) is 23.3 Å². The van der Waals surface area contributed by atoms with E-state index in [-0.39, 0.29) is 21.5 Å². The monoisotopic (exact) mass is 460 g/mol. The third-order valence-electron chi connectivity index (χ3n) is 4.58. The van der Waals surface area contributed by atoms with Gasteiger partial charge in [-0.1, -0.05) is 53.0 Å². The number of carbonyl (C=O) groups excluding carboxylic acids is 1. The fourth-order valence-corrected chi connectivity index (χ4v) is 3.34. The first-order chi connectivity index (χ1) is 13.9. The second-order valence-electron chi connectivity index (χ2n) is 6.89. The maximum Gasteiger partial charge on any atom is 0.438 e. The van der Waals surface area contributed by atoms with Crippen molar-refractivity contribution in [2.24, 2.45) is 5.10 Å². The molecule has 2 aromatic rings. The van der Waals surface area contributed by atoms with Crippen molar-refractivity contribution in [1.82, 2.24) is 5.01 Å². The lowest BCUT2D eigenvalue weighted by molar-refractivity contribution is -0.303. The Bertz CT molecular complexity index is 996. The summed E-state index contributed by atoms with van der Waals surface area (Å²) in [5, 5.41) is 14.7. The molecule has 1 aliphatic heterocycles. The molecule has 10 heteroatoms. The van der Waals surface area contributed by atoms with E-state index in [2.05, 4.69) is 5.10 Å². The van der Waals surface area contributed by atoms with Crippen molar-refractivity contribution in [2.45, 2.75) is 38.3 Å². The number of benzene rings is 2. The van der Waals surface area contributed by atoms with Gasteiger partial charge < -0.3 is 9.84 Å². The number of rotatable bonds is 4. The third-order valence-corrected chi connectivity index (χ3v) is 5.11. The SMILES string of the molecule is Cc1ccc(C2=NN(C(=O)[C@@H](C)Oc3ccc(Cl)cc3Cl)[C@](O)(C(F)(F)F)C2)cc1. The van der Waals surface area contributed by atoms with Gasteiger partial charge in [0.2, 0.25) is 0 Å². The van der Waals surface area contributed by atoms with E-state index in [1.807, 2.05) is 6.92 Å². The van der Waals surface area contributed by atoms with Crippen LogP contribution in [0.15, 0.2) is 47.6 Å². The van der Waals surface area contributed by atoms with Gasteiger partial charge in [0.1, 0.15) is 5.75 Å². The molecule has 0 spiro atoms. The summed E-state index contributed by atoms with van der Waals surface area (Å²) in [6.45, 7) is 3.06. The lowest BCUT2D eigenvalue weighted by atomic mass is 10.00. The van der Waals surface area contributed by atoms with Crippen LogP contribution in [0.3, 0.4) is 0 Å². The predicted octanol–water partition coefficient (Wildman–Crippen LogP) is 4.96. The molecule has 0 saturated carbocycles. The first kappa shape index (κ1) is 22.4. The van der Waals surface area contributed by atoms with Crippen LogP contribution in [0.2, 0.25) is 10.0 Å². The summed E-state index contributed by atoms with van der Waals surface area (Å²) in [6, 6.07) is 10.8. The van der Waals surface area contributed by atoms with E-state index in [1.165, 1.54) is 25.1 Å². The molecule has 1 aliphatic rings. The summed E-state index contributed by atoms with van der Waals surface area (Å²) in [7, 11) is 0. The molecular formula is C20H17Cl2F3N2O3. The van der Waals surface area contributed by atoms with Crippen molar-refractivity contribution < 1.29 is 27.8 Å². The van der Waals surface area contributed by atoms with E-state index < -0.39 is 30.3 Å². The number of hydrazone groups is 1. The topological polar surface area (TPSA) is 62.1 Å². The maximum absolute atomic E-state index is 13.7. The van der Waals surface area contributed by atoms with Crippen molar-refractivity contribution >= 4 is 34.8 Å². The first-order valence-electron chi connectivity index (χ1n) is 8.82. The molecule has 1 N–H and O–H groups in total. The van der Waals surface area contributed by atoms with Gasteiger partial charge >= 0.3 is 6.18 Å². The van der Waals surface area contributed by atoms with Crippen molar-refractivity contribution in [2.75, 3.05) is 0 Å². The van der Waals surface area contributed by atoms with Crippen LogP contribution in [-0.2, 0) is 4.79 Å². The molecule has 5 nitrogen and oxygen atoms in total. The molecule has 0 radical (unpaired) electrons. The molecule has 0 bridgehead atoms. The Hall–Kier alpha value is -2.29. The lowest BCUT2D eigenvalue weighted by Gasteiger charge is -2.33. The zero-order chi connectivity index (χ0) is 22.3. The smallest absolute Gasteiger partial charge is 0.438 e. The van der Waals surface area contributed by atoms with Crippen molar-refractivity contribution in [3.63, 3.8) is 0 Å². The first-order valence-corrected chi connectivity index (χ1v) is 9.57. The van der Waals surface area contributed by atoms with Crippen LogP contribution in [-0.4, -0.2) is 39.7 Å². The van der Waals surface area contributed by atoms with E-state index in [4.69, 9.17) is 27.9 Å². The summed E-state index contributed by atoms with van der Waals surface area (Å²) < 4.78 is 46.5. The Balaban J connectivity index is 1.92. The van der Waals surface area contributed by atoms with Crippen molar-refractivity contribution in [3.05, 3.63) is 63.6 Å². The summed E-state index contributed by atoms with van der Waals surface area (Å²) in [5.74, 6) is -1.12. The molecule has 0 saturated heterocycles. The lowest BCUT2D eigenvalue weighted by Crippen LogP contribution is -2.58. The molecule has 30 heavy (non-hydrogen) atoms. The second kappa shape index (κ2) is 8.09. The number of ether oxygens (including phenoxy) is 1. The van der Waals surface area contributed by atoms with Gasteiger partial charge in [0.15, 0.2) is 6.10 Å². The molecule has 1 amide bonds. The highest BCUT2D eigenvalue weighted by molar-refractivity contribution is 6.35. The minimum Gasteiger partial charge on any atom is -0.479 e. The molecule has 3 rings (SSSR count). The van der Waals surface area contributed by atoms with Gasteiger partial charge in [-0.05, 0) is 37.6 Å². The summed E-state index contributed by atoms with van der Waals surface area (Å²) in [5.41, 5.74) is -2.29. The number of aryl methyl sites for hydroxylation is 1. The molecule has 2 aromatic carbocycles. The van der Waals surface area contributed by atoms with Crippen molar-refractivity contribution in [1.29, 1.82) is 0 Å². The van der Waals surface area contributed by atoms with Crippen LogP contribution in [0.25, 0.3) is 0 Å². The quantitative estimate of drug-likeness (QED) is 0.701. The highest BCUT2D eigenvalue weighted by Crippen LogP contribution is 2.42. The van der Waals surface area contributed by atoms with Crippen LogP contribution in [0.1, 0.15) is 24.5 Å². The fraction of sp³-hybridized carbons (Fsp3) is 0.300. The summed E-state index contributed by atoms with van der Waals surface area (Å²) >= 11 is 11.8. The molecule has 0 unspecified atom stereocenters. The maximum atomic E-state index is 13.7. The highest BCUT2D eigenvalue weighted by atomic mass is 35.5. The average molecular weight is 461 g/mol. The number of nitrogens with zero attached hydrogens (tertiary/aromatic N) is 2. The average Bonchev–Trinajstić information content (AvgIpc) is 3.02. The van der Waals surface area contributed by atoms with Gasteiger partial charge in [-0.15, -0.1) is 0 Å². The largest absolute Gasteiger partial charge is 0.479 e. The second-order valence-corrected chi connectivity index (χ2v) is 7.73. The number of carbonyl (C=O) groups is 1. The standard InChI is InChI=1S/C20H17Cl2F3N2O3/c1-11-3-5-13(6-4-11)16-10-19(29,20(23,24)25)27(26-16)18(28)12(2)30-17-8-7-14(21)9-15(17)22/h3-9,12,29H,10H2,1-2H3/t12-,19-/m1/s1. The van der Waals surface area contributed by atoms with Crippen molar-refractivity contribution in [3.8, 4) is 5.75 Å². The van der Waals surface area contributed by atoms with E-state index in [9.17, 15) is 23.1 Å². The van der Waals surface area contributed by atoms with E-state index in [1.54, 1.807) is 24.3 Å². The van der Waals surface area contributed by atoms with Gasteiger partial charge in [0.25, 0.3) is 11.6 Å². The summed E-state index contributed by atoms with van der Waals surface area (Å²) in [4.78, 5) is 12.8. The Labute approximate surface area is 180 Å². The Morgan fingerprint density at radius 2 is 1.87 bits per heavy atom. The van der Waals surface area contributed by atoms with Gasteiger partial charge in [0.05, 0.1) is 17.2 Å². The summed E-state index contributed by atoms with van der Waals surface area (Å²) in [6.07, 6.45) is -7.46. The Morgan fingerprint density at radius 1 is 1.23 bits per heavy atom. The highest BCUT2D eigenvalue weighted by Gasteiger charge is 2.63. The Morgan fingerprint density at radius 3 is 2.43 bits per heavy atom.